The van der Waals surface area contributed by atoms with Gasteiger partial charge >= 0.3 is 0 Å². The molecule has 0 aromatic rings. The first kappa shape index (κ1) is 13.1. The summed E-state index contributed by atoms with van der Waals surface area (Å²) in [5.74, 6) is 1.98. The van der Waals surface area contributed by atoms with Crippen LogP contribution >= 0.6 is 0 Å². The van der Waals surface area contributed by atoms with Gasteiger partial charge in [0.2, 0.25) is 0 Å². The average molecular weight is 208 g/mol. The minimum absolute atomic E-state index is 0.989. The third-order valence-corrected chi connectivity index (χ3v) is 4.04. The molecule has 0 radical (unpaired) electrons. The zero-order valence-corrected chi connectivity index (χ0v) is 10.9. The minimum Gasteiger partial charge on any atom is -0.0697 e. The van der Waals surface area contributed by atoms with Crippen LogP contribution in [0.1, 0.15) is 77.6 Å². The fraction of sp³-hybridized carbons (Fsp3) is 1.00. The molecule has 0 N–H and O–H groups in total. The topological polar surface area (TPSA) is 0 Å². The van der Waals surface area contributed by atoms with Crippen LogP contribution in [0.2, 0.25) is 5.82 Å². The molecular weight excluding hydrogens is 179 g/mol. The van der Waals surface area contributed by atoms with Crippen molar-refractivity contribution in [1.29, 1.82) is 0 Å². The number of rotatable bonds is 0. The van der Waals surface area contributed by atoms with Gasteiger partial charge in [0, 0.05) is 0 Å². The predicted molar refractivity (Wildman–Crippen MR) is 72.2 cm³/mol. The zero-order valence-electron chi connectivity index (χ0n) is 10.9. The molecule has 0 bridgehead atoms. The van der Waals surface area contributed by atoms with Crippen LogP contribution in [0.4, 0.5) is 0 Å². The fourth-order valence-corrected chi connectivity index (χ4v) is 2.79. The summed E-state index contributed by atoms with van der Waals surface area (Å²) >= 11 is 0. The molecule has 0 nitrogen and oxygen atoms in total. The van der Waals surface area contributed by atoms with Crippen molar-refractivity contribution < 1.29 is 0 Å². The van der Waals surface area contributed by atoms with E-state index in [4.69, 9.17) is 0 Å². The molecule has 1 aliphatic carbocycles. The molecule has 1 heteroatoms. The lowest BCUT2D eigenvalue weighted by molar-refractivity contribution is 0.439. The predicted octanol–water partition coefficient (Wildman–Crippen LogP) is 4.35. The molecule has 15 heavy (non-hydrogen) atoms. The first-order valence-corrected chi connectivity index (χ1v) is 7.29. The summed E-state index contributed by atoms with van der Waals surface area (Å²) in [5.41, 5.74) is 0. The molecule has 88 valence electrons. The van der Waals surface area contributed by atoms with Gasteiger partial charge in [-0.15, -0.1) is 0 Å². The standard InChI is InChI=1S/C14H29B/c1-13-9-5-2-3-7-11-14(15)12-8-4-6-10-13/h13-14H,2-12,15H2,1H3/t13?,14-/m1/s1. The summed E-state index contributed by atoms with van der Waals surface area (Å²) in [6.45, 7) is 2.45. The molecule has 0 saturated heterocycles. The van der Waals surface area contributed by atoms with Crippen molar-refractivity contribution in [1.82, 2.24) is 0 Å². The lowest BCUT2D eigenvalue weighted by Gasteiger charge is -2.10. The normalized spacial score (nSPS) is 32.3. The Labute approximate surface area is 97.6 Å². The highest BCUT2D eigenvalue weighted by Gasteiger charge is 2.06. The maximum absolute atomic E-state index is 2.45. The van der Waals surface area contributed by atoms with Gasteiger partial charge in [-0.2, -0.15) is 0 Å². The molecule has 2 atom stereocenters. The quantitative estimate of drug-likeness (QED) is 0.519. The van der Waals surface area contributed by atoms with Crippen molar-refractivity contribution >= 4 is 7.85 Å². The number of hydrogen-bond acceptors (Lipinski definition) is 0. The van der Waals surface area contributed by atoms with E-state index in [1.54, 1.807) is 0 Å². The summed E-state index contributed by atoms with van der Waals surface area (Å²) in [7, 11) is 2.45. The van der Waals surface area contributed by atoms with Gasteiger partial charge in [-0.3, -0.25) is 0 Å². The summed E-state index contributed by atoms with van der Waals surface area (Å²) in [6, 6.07) is 0. The van der Waals surface area contributed by atoms with Gasteiger partial charge in [0.1, 0.15) is 7.85 Å². The minimum atomic E-state index is 0.989. The Balaban J connectivity index is 2.20. The zero-order chi connectivity index (χ0) is 10.9. The molecule has 1 unspecified atom stereocenters. The van der Waals surface area contributed by atoms with Crippen LogP contribution in [0.5, 0.6) is 0 Å². The highest BCUT2D eigenvalue weighted by Crippen LogP contribution is 2.23. The van der Waals surface area contributed by atoms with E-state index < -0.39 is 0 Å². The molecule has 0 aliphatic heterocycles. The van der Waals surface area contributed by atoms with E-state index in [0.29, 0.717) is 0 Å². The van der Waals surface area contributed by atoms with Gasteiger partial charge in [0.15, 0.2) is 0 Å². The van der Waals surface area contributed by atoms with E-state index in [0.717, 1.165) is 11.7 Å². The summed E-state index contributed by atoms with van der Waals surface area (Å²) < 4.78 is 0. The molecular formula is C14H29B. The summed E-state index contributed by atoms with van der Waals surface area (Å²) in [6.07, 6.45) is 16.3. The van der Waals surface area contributed by atoms with Crippen LogP contribution in [-0.2, 0) is 0 Å². The van der Waals surface area contributed by atoms with Crippen molar-refractivity contribution in [2.75, 3.05) is 0 Å². The first-order valence-electron chi connectivity index (χ1n) is 7.29. The highest BCUT2D eigenvalue weighted by molar-refractivity contribution is 6.11. The van der Waals surface area contributed by atoms with E-state index in [1.165, 1.54) is 70.6 Å². The molecule has 0 aromatic carbocycles. The van der Waals surface area contributed by atoms with Crippen molar-refractivity contribution in [2.45, 2.75) is 83.4 Å². The Morgan fingerprint density at radius 2 is 1.07 bits per heavy atom. The molecule has 1 fully saturated rings. The van der Waals surface area contributed by atoms with Crippen LogP contribution in [-0.4, -0.2) is 7.85 Å². The molecule has 0 aromatic heterocycles. The largest absolute Gasteiger partial charge is 0.105 e. The lowest BCUT2D eigenvalue weighted by atomic mass is 9.79. The van der Waals surface area contributed by atoms with E-state index >= 15 is 0 Å². The molecule has 1 saturated carbocycles. The maximum atomic E-state index is 2.45. The Hall–Kier alpha value is 0.0649. The second-order valence-corrected chi connectivity index (χ2v) is 5.84. The van der Waals surface area contributed by atoms with E-state index in [9.17, 15) is 0 Å². The second-order valence-electron chi connectivity index (χ2n) is 5.84. The SMILES string of the molecule is B[C@@H]1CCCCCCC(C)CCCCC1. The summed E-state index contributed by atoms with van der Waals surface area (Å²) in [4.78, 5) is 0. The van der Waals surface area contributed by atoms with E-state index in [-0.39, 0.29) is 0 Å². The van der Waals surface area contributed by atoms with E-state index in [1.807, 2.05) is 0 Å². The van der Waals surface area contributed by atoms with Gasteiger partial charge in [-0.25, -0.2) is 0 Å². The van der Waals surface area contributed by atoms with Crippen molar-refractivity contribution in [3.63, 3.8) is 0 Å². The third-order valence-electron chi connectivity index (χ3n) is 4.04. The van der Waals surface area contributed by atoms with Gasteiger partial charge in [-0.05, 0) is 5.92 Å². The average Bonchev–Trinajstić information content (AvgIpc) is 2.23. The Kier molecular flexibility index (Phi) is 7.22. The Morgan fingerprint density at radius 1 is 0.667 bits per heavy atom. The lowest BCUT2D eigenvalue weighted by Crippen LogP contribution is -1.95. The van der Waals surface area contributed by atoms with Gasteiger partial charge in [0.05, 0.1) is 0 Å². The third kappa shape index (κ3) is 7.03. The van der Waals surface area contributed by atoms with Crippen molar-refractivity contribution in [2.24, 2.45) is 5.92 Å². The second kappa shape index (κ2) is 8.24. The van der Waals surface area contributed by atoms with Crippen LogP contribution in [0.3, 0.4) is 0 Å². The van der Waals surface area contributed by atoms with Gasteiger partial charge < -0.3 is 0 Å². The molecule has 0 spiro atoms. The Bertz CT molecular complexity index is 128. The van der Waals surface area contributed by atoms with Crippen LogP contribution in [0, 0.1) is 5.92 Å². The Morgan fingerprint density at radius 3 is 1.60 bits per heavy atom. The smallest absolute Gasteiger partial charge is 0.0697 e. The molecule has 0 amide bonds. The van der Waals surface area contributed by atoms with Gasteiger partial charge in [-0.1, -0.05) is 83.4 Å². The number of hydrogen-bond donors (Lipinski definition) is 0. The first-order chi connectivity index (χ1) is 7.29. The van der Waals surface area contributed by atoms with E-state index in [2.05, 4.69) is 14.8 Å². The van der Waals surface area contributed by atoms with Crippen LogP contribution in [0.15, 0.2) is 0 Å². The molecule has 1 rings (SSSR count). The maximum Gasteiger partial charge on any atom is 0.105 e. The monoisotopic (exact) mass is 208 g/mol. The molecule has 1 aliphatic rings. The van der Waals surface area contributed by atoms with Crippen LogP contribution < -0.4 is 0 Å². The fourth-order valence-electron chi connectivity index (χ4n) is 2.79. The van der Waals surface area contributed by atoms with Crippen molar-refractivity contribution in [3.05, 3.63) is 0 Å². The molecule has 0 heterocycles. The van der Waals surface area contributed by atoms with Crippen LogP contribution in [0.25, 0.3) is 0 Å². The van der Waals surface area contributed by atoms with Crippen molar-refractivity contribution in [3.8, 4) is 0 Å². The summed E-state index contributed by atoms with van der Waals surface area (Å²) in [5, 5.41) is 0. The highest BCUT2D eigenvalue weighted by atomic mass is 14.1. The van der Waals surface area contributed by atoms with Gasteiger partial charge in [0.25, 0.3) is 0 Å².